The molecule has 2 unspecified atom stereocenters. The van der Waals surface area contributed by atoms with Gasteiger partial charge in [0, 0.05) is 5.92 Å². The van der Waals surface area contributed by atoms with E-state index in [0.717, 1.165) is 12.1 Å². The molecule has 0 saturated heterocycles. The second kappa shape index (κ2) is 2.54. The summed E-state index contributed by atoms with van der Waals surface area (Å²) < 4.78 is 0. The summed E-state index contributed by atoms with van der Waals surface area (Å²) in [6.45, 7) is 0. The van der Waals surface area contributed by atoms with Gasteiger partial charge in [-0.25, -0.2) is 0 Å². The Balaban J connectivity index is 2.13. The number of nitriles is 1. The molecule has 0 aromatic heterocycles. The Kier molecular flexibility index (Phi) is 1.54. The van der Waals surface area contributed by atoms with Crippen molar-refractivity contribution in [2.24, 2.45) is 11.0 Å². The van der Waals surface area contributed by atoms with E-state index >= 15 is 0 Å². The van der Waals surface area contributed by atoms with Crippen molar-refractivity contribution in [1.82, 2.24) is 5.43 Å². The van der Waals surface area contributed by atoms with Gasteiger partial charge in [0.05, 0.1) is 6.04 Å². The molecular weight excluding hydrogens is 138 g/mol. The van der Waals surface area contributed by atoms with E-state index < -0.39 is 0 Å². The lowest BCUT2D eigenvalue weighted by molar-refractivity contribution is 0.354. The van der Waals surface area contributed by atoms with E-state index in [1.54, 1.807) is 0 Å². The monoisotopic (exact) mass is 149 g/mol. The molecule has 1 N–H and O–H groups in total. The number of nitrogens with zero attached hydrogens (tertiary/aromatic N) is 2. The largest absolute Gasteiger partial charge is 0.305 e. The van der Waals surface area contributed by atoms with Gasteiger partial charge in [0.1, 0.15) is 11.8 Å². The Morgan fingerprint density at radius 1 is 1.45 bits per heavy atom. The van der Waals surface area contributed by atoms with Crippen LogP contribution in [0.1, 0.15) is 25.7 Å². The number of hydrazone groups is 1. The first kappa shape index (κ1) is 6.66. The van der Waals surface area contributed by atoms with E-state index in [4.69, 9.17) is 5.26 Å². The lowest BCUT2D eigenvalue weighted by atomic mass is 9.83. The van der Waals surface area contributed by atoms with Crippen LogP contribution in [0.25, 0.3) is 0 Å². The fourth-order valence-corrected chi connectivity index (χ4v) is 1.96. The Morgan fingerprint density at radius 2 is 2.27 bits per heavy atom. The van der Waals surface area contributed by atoms with Crippen LogP contribution in [0.5, 0.6) is 0 Å². The number of rotatable bonds is 0. The SMILES string of the molecule is N#CC1=NNC2CCCCC12. The van der Waals surface area contributed by atoms with Crippen LogP contribution in [0.3, 0.4) is 0 Å². The maximum absolute atomic E-state index is 8.68. The van der Waals surface area contributed by atoms with Crippen LogP contribution in [-0.4, -0.2) is 11.8 Å². The molecule has 1 saturated carbocycles. The molecule has 1 aliphatic carbocycles. The minimum Gasteiger partial charge on any atom is -0.305 e. The average Bonchev–Trinajstić information content (AvgIpc) is 2.47. The highest BCUT2D eigenvalue weighted by Crippen LogP contribution is 2.28. The zero-order valence-corrected chi connectivity index (χ0v) is 6.38. The Hall–Kier alpha value is -1.04. The standard InChI is InChI=1S/C8H11N3/c9-5-8-6-3-1-2-4-7(6)10-11-8/h6-7,10H,1-4H2. The molecule has 0 radical (unpaired) electrons. The van der Waals surface area contributed by atoms with Crippen LogP contribution in [0.4, 0.5) is 0 Å². The van der Waals surface area contributed by atoms with E-state index in [9.17, 15) is 0 Å². The molecule has 3 nitrogen and oxygen atoms in total. The minimum absolute atomic E-state index is 0.425. The predicted octanol–water partition coefficient (Wildman–Crippen LogP) is 1.03. The van der Waals surface area contributed by atoms with Crippen molar-refractivity contribution in [2.75, 3.05) is 0 Å². The molecule has 1 aliphatic heterocycles. The zero-order valence-electron chi connectivity index (χ0n) is 6.38. The normalized spacial score (nSPS) is 35.0. The van der Waals surface area contributed by atoms with Gasteiger partial charge in [0.2, 0.25) is 0 Å². The van der Waals surface area contributed by atoms with E-state index in [1.807, 2.05) is 0 Å². The number of hydrogen-bond acceptors (Lipinski definition) is 3. The maximum Gasteiger partial charge on any atom is 0.142 e. The average molecular weight is 149 g/mol. The van der Waals surface area contributed by atoms with Crippen LogP contribution in [0.2, 0.25) is 0 Å². The van der Waals surface area contributed by atoms with Crippen LogP contribution in [-0.2, 0) is 0 Å². The van der Waals surface area contributed by atoms with Gasteiger partial charge < -0.3 is 5.43 Å². The lowest BCUT2D eigenvalue weighted by Crippen LogP contribution is -2.32. The Bertz CT molecular complexity index is 226. The number of hydrogen-bond donors (Lipinski definition) is 1. The van der Waals surface area contributed by atoms with Gasteiger partial charge in [-0.3, -0.25) is 0 Å². The van der Waals surface area contributed by atoms with Crippen molar-refractivity contribution in [1.29, 1.82) is 5.26 Å². The first-order valence-corrected chi connectivity index (χ1v) is 4.15. The number of nitrogens with one attached hydrogen (secondary N) is 1. The molecule has 1 heterocycles. The van der Waals surface area contributed by atoms with Gasteiger partial charge in [0.15, 0.2) is 0 Å². The fraction of sp³-hybridized carbons (Fsp3) is 0.750. The molecule has 0 bridgehead atoms. The van der Waals surface area contributed by atoms with E-state index in [0.29, 0.717) is 12.0 Å². The first-order chi connectivity index (χ1) is 5.42. The van der Waals surface area contributed by atoms with Crippen LogP contribution in [0.15, 0.2) is 5.10 Å². The Labute approximate surface area is 66.1 Å². The van der Waals surface area contributed by atoms with Gasteiger partial charge in [-0.2, -0.15) is 10.4 Å². The summed E-state index contributed by atoms with van der Waals surface area (Å²) in [5.41, 5.74) is 3.74. The summed E-state index contributed by atoms with van der Waals surface area (Å²) in [4.78, 5) is 0. The minimum atomic E-state index is 0.425. The van der Waals surface area contributed by atoms with Crippen molar-refractivity contribution in [3.63, 3.8) is 0 Å². The molecule has 2 rings (SSSR count). The Morgan fingerprint density at radius 3 is 3.09 bits per heavy atom. The van der Waals surface area contributed by atoms with Crippen molar-refractivity contribution in [3.05, 3.63) is 0 Å². The van der Waals surface area contributed by atoms with Crippen LogP contribution >= 0.6 is 0 Å². The molecule has 58 valence electrons. The van der Waals surface area contributed by atoms with Crippen molar-refractivity contribution in [3.8, 4) is 6.07 Å². The molecule has 11 heavy (non-hydrogen) atoms. The first-order valence-electron chi connectivity index (χ1n) is 4.15. The van der Waals surface area contributed by atoms with Gasteiger partial charge in [-0.05, 0) is 12.8 Å². The molecule has 0 aromatic rings. The molecule has 0 spiro atoms. The third-order valence-corrected chi connectivity index (χ3v) is 2.58. The van der Waals surface area contributed by atoms with Crippen molar-refractivity contribution in [2.45, 2.75) is 31.7 Å². The molecular formula is C8H11N3. The van der Waals surface area contributed by atoms with Crippen LogP contribution in [0, 0.1) is 17.2 Å². The highest BCUT2D eigenvalue weighted by atomic mass is 15.3. The molecule has 3 heteroatoms. The van der Waals surface area contributed by atoms with Gasteiger partial charge in [-0.1, -0.05) is 12.8 Å². The van der Waals surface area contributed by atoms with Gasteiger partial charge in [0.25, 0.3) is 0 Å². The smallest absolute Gasteiger partial charge is 0.142 e. The van der Waals surface area contributed by atoms with Gasteiger partial charge >= 0.3 is 0 Å². The summed E-state index contributed by atoms with van der Waals surface area (Å²) in [7, 11) is 0. The molecule has 2 atom stereocenters. The van der Waals surface area contributed by atoms with Crippen molar-refractivity contribution >= 4 is 5.71 Å². The van der Waals surface area contributed by atoms with Crippen molar-refractivity contribution < 1.29 is 0 Å². The molecule has 0 amide bonds. The lowest BCUT2D eigenvalue weighted by Gasteiger charge is -2.23. The topological polar surface area (TPSA) is 48.2 Å². The third kappa shape index (κ3) is 0.988. The fourth-order valence-electron chi connectivity index (χ4n) is 1.96. The summed E-state index contributed by atoms with van der Waals surface area (Å²) >= 11 is 0. The third-order valence-electron chi connectivity index (χ3n) is 2.58. The summed E-state index contributed by atoms with van der Waals surface area (Å²) in [5, 5.41) is 12.7. The summed E-state index contributed by atoms with van der Waals surface area (Å²) in [6, 6.07) is 2.62. The quantitative estimate of drug-likeness (QED) is 0.559. The molecule has 0 aromatic carbocycles. The predicted molar refractivity (Wildman–Crippen MR) is 41.9 cm³/mol. The highest BCUT2D eigenvalue weighted by Gasteiger charge is 2.33. The maximum atomic E-state index is 8.68. The second-order valence-electron chi connectivity index (χ2n) is 3.24. The summed E-state index contributed by atoms with van der Waals surface area (Å²) in [6.07, 6.45) is 4.86. The van der Waals surface area contributed by atoms with Crippen LogP contribution < -0.4 is 5.43 Å². The number of fused-ring (bicyclic) bond motifs is 1. The second-order valence-corrected chi connectivity index (χ2v) is 3.24. The zero-order chi connectivity index (χ0) is 7.68. The summed E-state index contributed by atoms with van der Waals surface area (Å²) in [5.74, 6) is 0.425. The van der Waals surface area contributed by atoms with E-state index in [-0.39, 0.29) is 0 Å². The molecule has 1 fully saturated rings. The highest BCUT2D eigenvalue weighted by molar-refractivity contribution is 6.01. The molecule has 2 aliphatic rings. The van der Waals surface area contributed by atoms with Gasteiger partial charge in [-0.15, -0.1) is 0 Å². The van der Waals surface area contributed by atoms with E-state index in [1.165, 1.54) is 19.3 Å². The van der Waals surface area contributed by atoms with E-state index in [2.05, 4.69) is 16.6 Å².